The van der Waals surface area contributed by atoms with Gasteiger partial charge in [-0.2, -0.15) is 0 Å². The Hall–Kier alpha value is -1.38. The molecule has 13 heavy (non-hydrogen) atoms. The molecule has 0 amide bonds. The minimum absolute atomic E-state index is 0.454. The van der Waals surface area contributed by atoms with Gasteiger partial charge in [-0.25, -0.2) is 0 Å². The highest BCUT2D eigenvalue weighted by atomic mass is 16.3. The SMILES string of the molecule is CCC(C)Nc1ccc(N=O)cc1. The van der Waals surface area contributed by atoms with Gasteiger partial charge in [0.05, 0.1) is 0 Å². The van der Waals surface area contributed by atoms with Crippen LogP contribution in [0.4, 0.5) is 11.4 Å². The van der Waals surface area contributed by atoms with Crippen molar-refractivity contribution in [2.75, 3.05) is 5.32 Å². The molecule has 1 atom stereocenters. The molecule has 70 valence electrons. The van der Waals surface area contributed by atoms with Crippen molar-refractivity contribution in [3.8, 4) is 0 Å². The molecule has 1 rings (SSSR count). The Morgan fingerprint density at radius 3 is 2.46 bits per heavy atom. The number of nitrogens with one attached hydrogen (secondary N) is 1. The lowest BCUT2D eigenvalue weighted by atomic mass is 10.2. The molecule has 1 aromatic rings. The van der Waals surface area contributed by atoms with Crippen LogP contribution in [0, 0.1) is 4.91 Å². The van der Waals surface area contributed by atoms with Crippen molar-refractivity contribution >= 4 is 11.4 Å². The molecule has 0 aromatic heterocycles. The van der Waals surface area contributed by atoms with Crippen LogP contribution in [0.25, 0.3) is 0 Å². The van der Waals surface area contributed by atoms with E-state index in [1.165, 1.54) is 0 Å². The van der Waals surface area contributed by atoms with Gasteiger partial charge < -0.3 is 5.32 Å². The number of nitroso groups, excluding NO2 is 1. The summed E-state index contributed by atoms with van der Waals surface area (Å²) in [4.78, 5) is 10.1. The molecule has 0 heterocycles. The summed E-state index contributed by atoms with van der Waals surface area (Å²) in [5, 5.41) is 6.13. The average Bonchev–Trinajstić information content (AvgIpc) is 2.19. The van der Waals surface area contributed by atoms with Crippen LogP contribution >= 0.6 is 0 Å². The molecule has 3 heteroatoms. The predicted molar refractivity (Wildman–Crippen MR) is 55.3 cm³/mol. The lowest BCUT2D eigenvalue weighted by Gasteiger charge is -2.12. The number of hydrogen-bond donors (Lipinski definition) is 1. The van der Waals surface area contributed by atoms with E-state index in [4.69, 9.17) is 0 Å². The van der Waals surface area contributed by atoms with Crippen LogP contribution in [0.1, 0.15) is 20.3 Å². The summed E-state index contributed by atoms with van der Waals surface area (Å²) in [6, 6.07) is 7.59. The molecular weight excluding hydrogens is 164 g/mol. The maximum absolute atomic E-state index is 10.1. The minimum Gasteiger partial charge on any atom is -0.383 e. The van der Waals surface area contributed by atoms with Crippen LogP contribution in [0.3, 0.4) is 0 Å². The summed E-state index contributed by atoms with van der Waals surface area (Å²) in [5.41, 5.74) is 1.50. The largest absolute Gasteiger partial charge is 0.383 e. The normalized spacial score (nSPS) is 12.2. The Labute approximate surface area is 78.1 Å². The summed E-state index contributed by atoms with van der Waals surface area (Å²) in [7, 11) is 0. The fourth-order valence-corrected chi connectivity index (χ4v) is 1.01. The Morgan fingerprint density at radius 1 is 1.38 bits per heavy atom. The Balaban J connectivity index is 2.63. The van der Waals surface area contributed by atoms with Crippen molar-refractivity contribution in [3.05, 3.63) is 29.2 Å². The van der Waals surface area contributed by atoms with Crippen LogP contribution in [0.5, 0.6) is 0 Å². The molecule has 1 aromatic carbocycles. The third-order valence-electron chi connectivity index (χ3n) is 2.00. The van der Waals surface area contributed by atoms with Crippen molar-refractivity contribution in [2.45, 2.75) is 26.3 Å². The summed E-state index contributed by atoms with van der Waals surface area (Å²) >= 11 is 0. The third kappa shape index (κ3) is 2.86. The standard InChI is InChI=1S/C10H14N2O/c1-3-8(2)11-9-4-6-10(12-13)7-5-9/h4-8,11H,3H2,1-2H3. The summed E-state index contributed by atoms with van der Waals surface area (Å²) in [6.45, 7) is 4.24. The highest BCUT2D eigenvalue weighted by molar-refractivity contribution is 5.51. The molecule has 0 spiro atoms. The molecule has 0 bridgehead atoms. The second-order valence-corrected chi connectivity index (χ2v) is 3.09. The van der Waals surface area contributed by atoms with Crippen LogP contribution in [-0.2, 0) is 0 Å². The van der Waals surface area contributed by atoms with Gasteiger partial charge in [0.2, 0.25) is 0 Å². The van der Waals surface area contributed by atoms with Gasteiger partial charge >= 0.3 is 0 Å². The quantitative estimate of drug-likeness (QED) is 0.719. The topological polar surface area (TPSA) is 41.5 Å². The lowest BCUT2D eigenvalue weighted by molar-refractivity contribution is 0.764. The highest BCUT2D eigenvalue weighted by Gasteiger charge is 1.98. The van der Waals surface area contributed by atoms with Crippen LogP contribution in [-0.4, -0.2) is 6.04 Å². The average molecular weight is 178 g/mol. The van der Waals surface area contributed by atoms with Gasteiger partial charge in [0.25, 0.3) is 0 Å². The van der Waals surface area contributed by atoms with E-state index < -0.39 is 0 Å². The fraction of sp³-hybridized carbons (Fsp3) is 0.400. The predicted octanol–water partition coefficient (Wildman–Crippen LogP) is 3.29. The zero-order valence-electron chi connectivity index (χ0n) is 7.95. The maximum Gasteiger partial charge on any atom is 0.108 e. The van der Waals surface area contributed by atoms with E-state index in [1.807, 2.05) is 12.1 Å². The number of hydrogen-bond acceptors (Lipinski definition) is 3. The van der Waals surface area contributed by atoms with Crippen molar-refractivity contribution in [2.24, 2.45) is 5.18 Å². The van der Waals surface area contributed by atoms with Gasteiger partial charge in [-0.3, -0.25) is 0 Å². The first-order valence-electron chi connectivity index (χ1n) is 4.46. The second kappa shape index (κ2) is 4.60. The van der Waals surface area contributed by atoms with Crippen LogP contribution in [0.15, 0.2) is 29.4 Å². The van der Waals surface area contributed by atoms with Gasteiger partial charge in [0.1, 0.15) is 5.69 Å². The van der Waals surface area contributed by atoms with Crippen molar-refractivity contribution in [1.29, 1.82) is 0 Å². The Kier molecular flexibility index (Phi) is 3.43. The first kappa shape index (κ1) is 9.71. The molecular formula is C10H14N2O. The van der Waals surface area contributed by atoms with E-state index in [0.29, 0.717) is 11.7 Å². The minimum atomic E-state index is 0.454. The fourth-order valence-electron chi connectivity index (χ4n) is 1.01. The van der Waals surface area contributed by atoms with E-state index in [9.17, 15) is 4.91 Å². The maximum atomic E-state index is 10.1. The highest BCUT2D eigenvalue weighted by Crippen LogP contribution is 2.16. The number of anilines is 1. The van der Waals surface area contributed by atoms with E-state index in [1.54, 1.807) is 12.1 Å². The van der Waals surface area contributed by atoms with Crippen molar-refractivity contribution in [1.82, 2.24) is 0 Å². The number of nitrogens with zero attached hydrogens (tertiary/aromatic N) is 1. The molecule has 0 radical (unpaired) electrons. The Morgan fingerprint density at radius 2 is 2.00 bits per heavy atom. The lowest BCUT2D eigenvalue weighted by Crippen LogP contribution is -2.12. The molecule has 1 unspecified atom stereocenters. The van der Waals surface area contributed by atoms with E-state index in [2.05, 4.69) is 24.3 Å². The summed E-state index contributed by atoms with van der Waals surface area (Å²) < 4.78 is 0. The molecule has 0 saturated heterocycles. The Bertz CT molecular complexity index is 269. The van der Waals surface area contributed by atoms with E-state index in [-0.39, 0.29) is 0 Å². The van der Waals surface area contributed by atoms with Crippen LogP contribution < -0.4 is 5.32 Å². The molecule has 0 aliphatic carbocycles. The molecule has 1 N–H and O–H groups in total. The van der Waals surface area contributed by atoms with Crippen molar-refractivity contribution < 1.29 is 0 Å². The molecule has 0 aliphatic rings. The van der Waals surface area contributed by atoms with Crippen LogP contribution in [0.2, 0.25) is 0 Å². The first-order valence-corrected chi connectivity index (χ1v) is 4.46. The molecule has 0 saturated carbocycles. The van der Waals surface area contributed by atoms with E-state index in [0.717, 1.165) is 12.1 Å². The number of benzene rings is 1. The van der Waals surface area contributed by atoms with Gasteiger partial charge in [-0.1, -0.05) is 6.92 Å². The third-order valence-corrected chi connectivity index (χ3v) is 2.00. The van der Waals surface area contributed by atoms with Gasteiger partial charge in [-0.05, 0) is 42.8 Å². The molecule has 0 fully saturated rings. The van der Waals surface area contributed by atoms with E-state index >= 15 is 0 Å². The smallest absolute Gasteiger partial charge is 0.108 e. The van der Waals surface area contributed by atoms with Gasteiger partial charge in [0.15, 0.2) is 0 Å². The number of rotatable bonds is 4. The van der Waals surface area contributed by atoms with Gasteiger partial charge in [0, 0.05) is 11.7 Å². The summed E-state index contributed by atoms with van der Waals surface area (Å²) in [5.74, 6) is 0. The van der Waals surface area contributed by atoms with Gasteiger partial charge in [-0.15, -0.1) is 4.91 Å². The van der Waals surface area contributed by atoms with Crippen molar-refractivity contribution in [3.63, 3.8) is 0 Å². The second-order valence-electron chi connectivity index (χ2n) is 3.09. The zero-order chi connectivity index (χ0) is 9.68. The molecule has 3 nitrogen and oxygen atoms in total. The molecule has 0 aliphatic heterocycles. The summed E-state index contributed by atoms with van der Waals surface area (Å²) in [6.07, 6.45) is 1.08. The zero-order valence-corrected chi connectivity index (χ0v) is 7.95. The monoisotopic (exact) mass is 178 g/mol. The first-order chi connectivity index (χ1) is 6.26.